The molecule has 0 saturated carbocycles. The summed E-state index contributed by atoms with van der Waals surface area (Å²) in [7, 11) is 3.00. The lowest BCUT2D eigenvalue weighted by atomic mass is 10.1. The van der Waals surface area contributed by atoms with Crippen molar-refractivity contribution in [2.24, 2.45) is 0 Å². The van der Waals surface area contributed by atoms with Gasteiger partial charge in [-0.15, -0.1) is 0 Å². The summed E-state index contributed by atoms with van der Waals surface area (Å²) in [5.74, 6) is -0.385. The Labute approximate surface area is 183 Å². The number of rotatable bonds is 7. The lowest BCUT2D eigenvalue weighted by Gasteiger charge is -2.15. The molecule has 0 aromatic heterocycles. The van der Waals surface area contributed by atoms with Crippen LogP contribution < -0.4 is 14.8 Å². The minimum absolute atomic E-state index is 0.00878. The zero-order valence-corrected chi connectivity index (χ0v) is 18.0. The summed E-state index contributed by atoms with van der Waals surface area (Å²) in [6.45, 7) is 1.86. The largest absolute Gasteiger partial charge is 0.496 e. The number of imide groups is 1. The summed E-state index contributed by atoms with van der Waals surface area (Å²) in [5, 5.41) is 2.21. The van der Waals surface area contributed by atoms with Crippen LogP contribution in [0, 0.1) is 12.7 Å². The van der Waals surface area contributed by atoms with Gasteiger partial charge < -0.3 is 14.8 Å². The molecule has 1 heterocycles. The van der Waals surface area contributed by atoms with E-state index in [0.29, 0.717) is 17.1 Å². The summed E-state index contributed by atoms with van der Waals surface area (Å²) in [6.07, 6.45) is 1.35. The summed E-state index contributed by atoms with van der Waals surface area (Å²) in [5.41, 5.74) is 1.32. The Morgan fingerprint density at radius 1 is 1.16 bits per heavy atom. The van der Waals surface area contributed by atoms with E-state index in [9.17, 15) is 18.8 Å². The van der Waals surface area contributed by atoms with Gasteiger partial charge in [0.1, 0.15) is 17.3 Å². The van der Waals surface area contributed by atoms with Crippen LogP contribution in [-0.2, 0) is 4.79 Å². The summed E-state index contributed by atoms with van der Waals surface area (Å²) in [6, 6.07) is 9.16. The van der Waals surface area contributed by atoms with Crippen molar-refractivity contribution in [3.63, 3.8) is 0 Å². The number of benzene rings is 2. The Bertz CT molecular complexity index is 1040. The molecular weight excluding hydrogens is 423 g/mol. The SMILES string of the molecule is COc1cc(C(=O)NCCN2C(=O)S/C(=C\c3ccccc3F)C2=O)cc(OC)c1C. The molecule has 162 valence electrons. The highest BCUT2D eigenvalue weighted by Gasteiger charge is 2.34. The maximum Gasteiger partial charge on any atom is 0.293 e. The normalized spacial score (nSPS) is 14.8. The number of hydrogen-bond donors (Lipinski definition) is 1. The van der Waals surface area contributed by atoms with Crippen LogP contribution in [0.15, 0.2) is 41.3 Å². The minimum Gasteiger partial charge on any atom is -0.496 e. The molecule has 0 spiro atoms. The van der Waals surface area contributed by atoms with E-state index in [1.807, 2.05) is 6.92 Å². The number of methoxy groups -OCH3 is 2. The summed E-state index contributed by atoms with van der Waals surface area (Å²) >= 11 is 0.738. The van der Waals surface area contributed by atoms with Crippen LogP contribution in [0.4, 0.5) is 9.18 Å². The van der Waals surface area contributed by atoms with E-state index in [1.54, 1.807) is 24.3 Å². The Morgan fingerprint density at radius 3 is 2.42 bits per heavy atom. The maximum atomic E-state index is 13.8. The first-order valence-corrected chi connectivity index (χ1v) is 10.2. The van der Waals surface area contributed by atoms with Crippen LogP contribution in [0.1, 0.15) is 21.5 Å². The van der Waals surface area contributed by atoms with E-state index in [4.69, 9.17) is 9.47 Å². The van der Waals surface area contributed by atoms with Crippen LogP contribution in [0.3, 0.4) is 0 Å². The second-order valence-electron chi connectivity index (χ2n) is 6.62. The lowest BCUT2D eigenvalue weighted by Crippen LogP contribution is -2.37. The maximum absolute atomic E-state index is 13.8. The highest BCUT2D eigenvalue weighted by molar-refractivity contribution is 8.18. The lowest BCUT2D eigenvalue weighted by molar-refractivity contribution is -0.122. The second-order valence-corrected chi connectivity index (χ2v) is 7.61. The van der Waals surface area contributed by atoms with Crippen LogP contribution in [-0.4, -0.2) is 49.3 Å². The van der Waals surface area contributed by atoms with E-state index in [0.717, 1.165) is 22.2 Å². The number of nitrogens with one attached hydrogen (secondary N) is 1. The zero-order chi connectivity index (χ0) is 22.5. The highest BCUT2D eigenvalue weighted by atomic mass is 32.2. The average molecular weight is 444 g/mol. The highest BCUT2D eigenvalue weighted by Crippen LogP contribution is 2.32. The number of nitrogens with zero attached hydrogens (tertiary/aromatic N) is 1. The molecule has 9 heteroatoms. The van der Waals surface area contributed by atoms with Crippen molar-refractivity contribution in [3.8, 4) is 11.5 Å². The molecule has 2 aromatic rings. The fourth-order valence-corrected chi connectivity index (χ4v) is 3.88. The topological polar surface area (TPSA) is 84.9 Å². The standard InChI is InChI=1S/C22H21FN2O5S/c1-13-17(29-2)10-15(11-18(13)30-3)20(26)24-8-9-25-21(27)19(31-22(25)28)12-14-6-4-5-7-16(14)23/h4-7,10-12H,8-9H2,1-3H3,(H,24,26)/b19-12-. The molecule has 1 N–H and O–H groups in total. The van der Waals surface area contributed by atoms with Gasteiger partial charge in [-0.2, -0.15) is 0 Å². The van der Waals surface area contributed by atoms with E-state index in [1.165, 1.54) is 32.4 Å². The first-order chi connectivity index (χ1) is 14.8. The van der Waals surface area contributed by atoms with Gasteiger partial charge in [-0.05, 0) is 43.0 Å². The quantitative estimate of drug-likeness (QED) is 0.657. The number of carbonyl (C=O) groups excluding carboxylic acids is 3. The van der Waals surface area contributed by atoms with Crippen LogP contribution in [0.2, 0.25) is 0 Å². The van der Waals surface area contributed by atoms with Gasteiger partial charge in [0.2, 0.25) is 0 Å². The minimum atomic E-state index is -0.522. The number of hydrogen-bond acceptors (Lipinski definition) is 6. The van der Waals surface area contributed by atoms with Crippen molar-refractivity contribution in [1.29, 1.82) is 0 Å². The monoisotopic (exact) mass is 444 g/mol. The van der Waals surface area contributed by atoms with Crippen LogP contribution >= 0.6 is 11.8 Å². The smallest absolute Gasteiger partial charge is 0.293 e. The molecule has 7 nitrogen and oxygen atoms in total. The number of halogens is 1. The molecule has 3 amide bonds. The van der Waals surface area contributed by atoms with Crippen molar-refractivity contribution >= 4 is 34.9 Å². The number of amides is 3. The number of ether oxygens (including phenoxy) is 2. The number of thioether (sulfide) groups is 1. The van der Waals surface area contributed by atoms with E-state index < -0.39 is 22.9 Å². The molecular formula is C22H21FN2O5S. The molecule has 1 saturated heterocycles. The van der Waals surface area contributed by atoms with Gasteiger partial charge in [0.25, 0.3) is 17.1 Å². The van der Waals surface area contributed by atoms with Crippen LogP contribution in [0.5, 0.6) is 11.5 Å². The molecule has 0 radical (unpaired) electrons. The number of carbonyl (C=O) groups is 3. The van der Waals surface area contributed by atoms with Gasteiger partial charge in [-0.25, -0.2) is 4.39 Å². The third kappa shape index (κ3) is 4.88. The van der Waals surface area contributed by atoms with Crippen molar-refractivity contribution in [2.75, 3.05) is 27.3 Å². The van der Waals surface area contributed by atoms with Gasteiger partial charge in [-0.1, -0.05) is 18.2 Å². The Morgan fingerprint density at radius 2 is 1.81 bits per heavy atom. The van der Waals surface area contributed by atoms with Crippen molar-refractivity contribution in [2.45, 2.75) is 6.92 Å². The first kappa shape index (κ1) is 22.4. The van der Waals surface area contributed by atoms with Gasteiger partial charge in [0.05, 0.1) is 19.1 Å². The van der Waals surface area contributed by atoms with Crippen molar-refractivity contribution < 1.29 is 28.2 Å². The Balaban J connectivity index is 1.64. The Kier molecular flexibility index (Phi) is 6.96. The third-order valence-electron chi connectivity index (χ3n) is 4.70. The van der Waals surface area contributed by atoms with Gasteiger partial charge >= 0.3 is 0 Å². The van der Waals surface area contributed by atoms with Gasteiger partial charge in [-0.3, -0.25) is 19.3 Å². The predicted octanol–water partition coefficient (Wildman–Crippen LogP) is 3.62. The van der Waals surface area contributed by atoms with E-state index in [-0.39, 0.29) is 23.6 Å². The van der Waals surface area contributed by atoms with Gasteiger partial charge in [0, 0.05) is 29.8 Å². The molecule has 3 rings (SSSR count). The molecule has 1 fully saturated rings. The first-order valence-electron chi connectivity index (χ1n) is 9.36. The molecule has 1 aliphatic heterocycles. The molecule has 0 bridgehead atoms. The van der Waals surface area contributed by atoms with Gasteiger partial charge in [0.15, 0.2) is 0 Å². The third-order valence-corrected chi connectivity index (χ3v) is 5.61. The molecule has 0 atom stereocenters. The van der Waals surface area contributed by atoms with E-state index in [2.05, 4.69) is 5.32 Å². The Hall–Kier alpha value is -3.33. The average Bonchev–Trinajstić information content (AvgIpc) is 3.02. The molecule has 2 aromatic carbocycles. The van der Waals surface area contributed by atoms with Crippen molar-refractivity contribution in [3.05, 3.63) is 63.8 Å². The predicted molar refractivity (Wildman–Crippen MR) is 116 cm³/mol. The molecule has 0 unspecified atom stereocenters. The second kappa shape index (κ2) is 9.65. The summed E-state index contributed by atoms with van der Waals surface area (Å²) < 4.78 is 24.4. The van der Waals surface area contributed by atoms with E-state index >= 15 is 0 Å². The molecule has 31 heavy (non-hydrogen) atoms. The molecule has 1 aliphatic rings. The van der Waals surface area contributed by atoms with Crippen LogP contribution in [0.25, 0.3) is 6.08 Å². The molecule has 0 aliphatic carbocycles. The fraction of sp³-hybridized carbons (Fsp3) is 0.227. The zero-order valence-electron chi connectivity index (χ0n) is 17.2. The fourth-order valence-electron chi connectivity index (χ4n) is 3.03. The summed E-state index contributed by atoms with van der Waals surface area (Å²) in [4.78, 5) is 38.4. The van der Waals surface area contributed by atoms with Crippen molar-refractivity contribution in [1.82, 2.24) is 10.2 Å².